The average molecular weight is 800 g/mol. The van der Waals surface area contributed by atoms with Crippen molar-refractivity contribution in [3.8, 4) is 72.7 Å². The maximum absolute atomic E-state index is 5.09. The molecule has 3 heterocycles. The fourth-order valence-corrected chi connectivity index (χ4v) is 10.2. The van der Waals surface area contributed by atoms with E-state index in [4.69, 9.17) is 19.9 Å². The van der Waals surface area contributed by atoms with Crippen molar-refractivity contribution in [1.82, 2.24) is 24.5 Å². The van der Waals surface area contributed by atoms with Crippen LogP contribution in [-0.4, -0.2) is 24.5 Å². The number of rotatable bonds is 6. The third-order valence-electron chi connectivity index (χ3n) is 12.3. The third kappa shape index (κ3) is 5.82. The van der Waals surface area contributed by atoms with Crippen LogP contribution < -0.4 is 0 Å². The Hall–Kier alpha value is -7.54. The molecule has 0 N–H and O–H groups in total. The first-order valence-corrected chi connectivity index (χ1v) is 21.4. The van der Waals surface area contributed by atoms with E-state index in [0.29, 0.717) is 17.5 Å². The van der Waals surface area contributed by atoms with Crippen LogP contribution in [-0.2, 0) is 5.41 Å². The number of benzene rings is 8. The van der Waals surface area contributed by atoms with Gasteiger partial charge in [0, 0.05) is 44.1 Å². The highest BCUT2D eigenvalue weighted by molar-refractivity contribution is 7.21. The number of thiazole rings is 1. The van der Waals surface area contributed by atoms with Gasteiger partial charge in [-0.15, -0.1) is 11.3 Å². The number of nitrogens with zero attached hydrogens (tertiary/aromatic N) is 5. The maximum atomic E-state index is 5.09. The zero-order chi connectivity index (χ0) is 40.7. The van der Waals surface area contributed by atoms with Gasteiger partial charge >= 0.3 is 0 Å². The standard InChI is InChI=1S/C55H37N5S/c1-55(2)45-31-38(23-26-41(45)42-32-47-50(33-46(42)55)61-54(56-47)36-19-11-5-12-20-36)37-24-27-48-43(29-37)44-30-39(25-28-49(44)60(48)40-21-13-6-14-22-40)53-58-51(34-15-7-3-8-16-34)57-52(59-53)35-17-9-4-10-18-35/h3-33H,1-2H3. The Labute approximate surface area is 357 Å². The van der Waals surface area contributed by atoms with Gasteiger partial charge in [-0.3, -0.25) is 0 Å². The Morgan fingerprint density at radius 2 is 0.902 bits per heavy atom. The molecule has 288 valence electrons. The van der Waals surface area contributed by atoms with Gasteiger partial charge in [-0.1, -0.05) is 141 Å². The van der Waals surface area contributed by atoms with Gasteiger partial charge in [-0.2, -0.15) is 0 Å². The van der Waals surface area contributed by atoms with E-state index in [9.17, 15) is 0 Å². The van der Waals surface area contributed by atoms with Crippen molar-refractivity contribution in [3.63, 3.8) is 0 Å². The Bertz CT molecular complexity index is 3420. The average Bonchev–Trinajstić information content (AvgIpc) is 3.96. The number of hydrogen-bond acceptors (Lipinski definition) is 5. The summed E-state index contributed by atoms with van der Waals surface area (Å²) in [6.07, 6.45) is 0. The third-order valence-corrected chi connectivity index (χ3v) is 13.3. The van der Waals surface area contributed by atoms with Crippen molar-refractivity contribution in [2.75, 3.05) is 0 Å². The molecule has 61 heavy (non-hydrogen) atoms. The minimum atomic E-state index is -0.171. The second kappa shape index (κ2) is 13.8. The van der Waals surface area contributed by atoms with Crippen LogP contribution in [0.25, 0.3) is 105 Å². The first kappa shape index (κ1) is 35.4. The Morgan fingerprint density at radius 3 is 1.52 bits per heavy atom. The molecular formula is C55H37N5S. The number of fused-ring (bicyclic) bond motifs is 7. The molecular weight excluding hydrogens is 763 g/mol. The largest absolute Gasteiger partial charge is 0.309 e. The SMILES string of the molecule is CC1(C)c2cc(-c3ccc4c(c3)c3cc(-c5nc(-c6ccccc6)nc(-c6ccccc6)n5)ccc3n4-c3ccccc3)ccc2-c2cc3nc(-c4ccccc4)sc3cc21. The summed E-state index contributed by atoms with van der Waals surface area (Å²) >= 11 is 1.77. The monoisotopic (exact) mass is 799 g/mol. The molecule has 0 radical (unpaired) electrons. The van der Waals surface area contributed by atoms with E-state index >= 15 is 0 Å². The zero-order valence-electron chi connectivity index (χ0n) is 33.5. The lowest BCUT2D eigenvalue weighted by Crippen LogP contribution is -2.14. The van der Waals surface area contributed by atoms with E-state index in [0.717, 1.165) is 54.9 Å². The van der Waals surface area contributed by atoms with Crippen molar-refractivity contribution >= 4 is 43.4 Å². The Kier molecular flexibility index (Phi) is 7.99. The molecule has 11 aromatic rings. The molecule has 0 aliphatic heterocycles. The summed E-state index contributed by atoms with van der Waals surface area (Å²) in [5.41, 5.74) is 15.9. The highest BCUT2D eigenvalue weighted by Gasteiger charge is 2.36. The fraction of sp³-hybridized carbons (Fsp3) is 0.0545. The molecule has 0 saturated carbocycles. The molecule has 0 atom stereocenters. The minimum absolute atomic E-state index is 0.171. The first-order chi connectivity index (χ1) is 30.0. The zero-order valence-corrected chi connectivity index (χ0v) is 34.4. The van der Waals surface area contributed by atoms with Gasteiger partial charge < -0.3 is 4.57 Å². The van der Waals surface area contributed by atoms with Crippen LogP contribution in [0.4, 0.5) is 0 Å². The Morgan fingerprint density at radius 1 is 0.410 bits per heavy atom. The van der Waals surface area contributed by atoms with E-state index in [-0.39, 0.29) is 5.41 Å². The van der Waals surface area contributed by atoms with E-state index < -0.39 is 0 Å². The second-order valence-electron chi connectivity index (χ2n) is 16.3. The second-order valence-corrected chi connectivity index (χ2v) is 17.3. The highest BCUT2D eigenvalue weighted by Crippen LogP contribution is 2.52. The number of hydrogen-bond donors (Lipinski definition) is 0. The van der Waals surface area contributed by atoms with E-state index in [1.807, 2.05) is 60.7 Å². The molecule has 1 aliphatic carbocycles. The lowest BCUT2D eigenvalue weighted by atomic mass is 9.81. The quantitative estimate of drug-likeness (QED) is 0.168. The summed E-state index contributed by atoms with van der Waals surface area (Å²) in [6.45, 7) is 4.72. The van der Waals surface area contributed by atoms with Crippen molar-refractivity contribution in [3.05, 3.63) is 199 Å². The Balaban J connectivity index is 1.00. The van der Waals surface area contributed by atoms with Gasteiger partial charge in [0.05, 0.1) is 21.3 Å². The van der Waals surface area contributed by atoms with Gasteiger partial charge in [0.2, 0.25) is 0 Å². The molecule has 8 aromatic carbocycles. The number of aromatic nitrogens is 5. The predicted octanol–water partition coefficient (Wildman–Crippen LogP) is 14.2. The van der Waals surface area contributed by atoms with Crippen LogP contribution >= 0.6 is 11.3 Å². The first-order valence-electron chi connectivity index (χ1n) is 20.6. The molecule has 12 rings (SSSR count). The number of para-hydroxylation sites is 1. The molecule has 0 unspecified atom stereocenters. The smallest absolute Gasteiger partial charge is 0.164 e. The summed E-state index contributed by atoms with van der Waals surface area (Å²) in [4.78, 5) is 20.2. The molecule has 0 bridgehead atoms. The summed E-state index contributed by atoms with van der Waals surface area (Å²) in [5.74, 6) is 1.93. The van der Waals surface area contributed by atoms with Crippen LogP contribution in [0.15, 0.2) is 188 Å². The van der Waals surface area contributed by atoms with Crippen molar-refractivity contribution in [1.29, 1.82) is 0 Å². The van der Waals surface area contributed by atoms with Crippen LogP contribution in [0.5, 0.6) is 0 Å². The van der Waals surface area contributed by atoms with Crippen molar-refractivity contribution in [2.45, 2.75) is 19.3 Å². The van der Waals surface area contributed by atoms with Crippen molar-refractivity contribution in [2.24, 2.45) is 0 Å². The van der Waals surface area contributed by atoms with E-state index in [1.165, 1.54) is 43.5 Å². The molecule has 0 spiro atoms. The molecule has 0 fully saturated rings. The van der Waals surface area contributed by atoms with Crippen LogP contribution in [0.1, 0.15) is 25.0 Å². The molecule has 6 heteroatoms. The predicted molar refractivity (Wildman–Crippen MR) is 252 cm³/mol. The van der Waals surface area contributed by atoms with Crippen LogP contribution in [0, 0.1) is 0 Å². The van der Waals surface area contributed by atoms with Crippen molar-refractivity contribution < 1.29 is 0 Å². The summed E-state index contributed by atoms with van der Waals surface area (Å²) in [5, 5.41) is 3.37. The molecule has 5 nitrogen and oxygen atoms in total. The van der Waals surface area contributed by atoms with Crippen LogP contribution in [0.3, 0.4) is 0 Å². The van der Waals surface area contributed by atoms with Gasteiger partial charge in [0.1, 0.15) is 5.01 Å². The minimum Gasteiger partial charge on any atom is -0.309 e. The normalized spacial score (nSPS) is 12.9. The molecule has 1 aliphatic rings. The van der Waals surface area contributed by atoms with Gasteiger partial charge in [0.25, 0.3) is 0 Å². The lowest BCUT2D eigenvalue weighted by molar-refractivity contribution is 0.661. The van der Waals surface area contributed by atoms with E-state index in [2.05, 4.69) is 146 Å². The fourth-order valence-electron chi connectivity index (χ4n) is 9.17. The highest BCUT2D eigenvalue weighted by atomic mass is 32.1. The lowest BCUT2D eigenvalue weighted by Gasteiger charge is -2.22. The summed E-state index contributed by atoms with van der Waals surface area (Å²) in [7, 11) is 0. The van der Waals surface area contributed by atoms with E-state index in [1.54, 1.807) is 11.3 Å². The summed E-state index contributed by atoms with van der Waals surface area (Å²) < 4.78 is 3.59. The molecule has 3 aromatic heterocycles. The van der Waals surface area contributed by atoms with Crippen LogP contribution in [0.2, 0.25) is 0 Å². The topological polar surface area (TPSA) is 56.5 Å². The van der Waals surface area contributed by atoms with Gasteiger partial charge in [-0.25, -0.2) is 19.9 Å². The van der Waals surface area contributed by atoms with Gasteiger partial charge in [0.15, 0.2) is 17.5 Å². The maximum Gasteiger partial charge on any atom is 0.164 e. The molecule has 0 amide bonds. The molecule has 0 saturated heterocycles. The summed E-state index contributed by atoms with van der Waals surface area (Å²) in [6, 6.07) is 66.6. The van der Waals surface area contributed by atoms with Gasteiger partial charge in [-0.05, 0) is 94.0 Å².